The Kier molecular flexibility index (Phi) is 11.0. The van der Waals surface area contributed by atoms with Crippen molar-refractivity contribution in [2.24, 2.45) is 0 Å². The van der Waals surface area contributed by atoms with Crippen molar-refractivity contribution in [2.75, 3.05) is 0 Å². The van der Waals surface area contributed by atoms with Crippen molar-refractivity contribution < 1.29 is 25.8 Å². The normalized spacial score (nSPS) is 10.9. The van der Waals surface area contributed by atoms with Crippen molar-refractivity contribution in [3.05, 3.63) is 10.8 Å². The molecule has 0 atom stereocenters. The van der Waals surface area contributed by atoms with E-state index in [4.69, 9.17) is 10.8 Å². The van der Waals surface area contributed by atoms with Gasteiger partial charge in [-0.25, -0.2) is 0 Å². The largest absolute Gasteiger partial charge is 0.680 e. The van der Waals surface area contributed by atoms with E-state index in [1.54, 1.807) is 0 Å². The second-order valence-corrected chi connectivity index (χ2v) is 13.5. The zero-order valence-corrected chi connectivity index (χ0v) is 12.4. The maximum Gasteiger partial charge on any atom is 0 e. The van der Waals surface area contributed by atoms with Gasteiger partial charge in [0.25, 0.3) is 0 Å². The zero-order chi connectivity index (χ0) is 9.00. The molecule has 0 heterocycles. The van der Waals surface area contributed by atoms with Gasteiger partial charge in [0.15, 0.2) is 0 Å². The molecule has 0 amide bonds. The van der Waals surface area contributed by atoms with Crippen molar-refractivity contribution in [1.29, 1.82) is 0 Å². The van der Waals surface area contributed by atoms with Gasteiger partial charge in [-0.2, -0.15) is 0 Å². The predicted octanol–water partition coefficient (Wildman–Crippen LogP) is 3.74. The van der Waals surface area contributed by atoms with Crippen LogP contribution in [-0.4, -0.2) is 16.5 Å². The Morgan fingerprint density at radius 1 is 0.636 bits per heavy atom. The van der Waals surface area contributed by atoms with Crippen molar-refractivity contribution >= 4 is 16.5 Å². The van der Waals surface area contributed by atoms with E-state index in [-0.39, 0.29) is 25.8 Å². The van der Waals surface area contributed by atoms with Crippen LogP contribution in [0.1, 0.15) is 0 Å². The summed E-state index contributed by atoms with van der Waals surface area (Å²) in [5.41, 5.74) is 0. The topological polar surface area (TPSA) is 47.6 Å². The van der Waals surface area contributed by atoms with Gasteiger partial charge in [-0.15, -0.1) is 0 Å². The van der Waals surface area contributed by atoms with Gasteiger partial charge in [-0.1, -0.05) is 55.8 Å². The molecule has 0 fully saturated rings. The first-order chi connectivity index (χ1) is 4.00. The molecule has 67 valence electrons. The van der Waals surface area contributed by atoms with E-state index in [0.29, 0.717) is 0 Å². The quantitative estimate of drug-likeness (QED) is 0.559. The number of nitrogens with one attached hydrogen (secondary N) is 2. The molecule has 0 saturated heterocycles. The molecule has 0 aliphatic heterocycles. The average molecular weight is 221 g/mol. The van der Waals surface area contributed by atoms with Crippen LogP contribution in [0.2, 0.25) is 39.3 Å². The van der Waals surface area contributed by atoms with Crippen LogP contribution in [0.5, 0.6) is 0 Å². The summed E-state index contributed by atoms with van der Waals surface area (Å²) in [6, 6.07) is 0. The summed E-state index contributed by atoms with van der Waals surface area (Å²) < 4.78 is 0. The monoisotopic (exact) mass is 221 g/mol. The van der Waals surface area contributed by atoms with Gasteiger partial charge in [0.05, 0.1) is 0 Å². The molecule has 0 aromatic heterocycles. The molecule has 1 radical (unpaired) electrons. The minimum atomic E-state index is -1.36. The van der Waals surface area contributed by atoms with Crippen molar-refractivity contribution in [1.82, 2.24) is 0 Å². The third kappa shape index (κ3) is 638. The summed E-state index contributed by atoms with van der Waals surface area (Å²) in [5.74, 6) is 0. The summed E-state index contributed by atoms with van der Waals surface area (Å²) in [4.78, 5) is 0. The van der Waals surface area contributed by atoms with Crippen molar-refractivity contribution in [3.8, 4) is 0 Å². The van der Waals surface area contributed by atoms with E-state index < -0.39 is 16.5 Å². The summed E-state index contributed by atoms with van der Waals surface area (Å²) in [5, 5.41) is 14.2. The van der Waals surface area contributed by atoms with Crippen LogP contribution in [0.4, 0.5) is 0 Å². The van der Waals surface area contributed by atoms with Crippen LogP contribution >= 0.6 is 0 Å². The number of hydrogen-bond acceptors (Lipinski definition) is 0. The third-order valence-corrected chi connectivity index (χ3v) is 0. The second kappa shape index (κ2) is 6.71. The predicted molar refractivity (Wildman–Crippen MR) is 55.3 cm³/mol. The van der Waals surface area contributed by atoms with E-state index in [0.717, 1.165) is 0 Å². The molecule has 2 nitrogen and oxygen atoms in total. The van der Waals surface area contributed by atoms with Gasteiger partial charge in [0.1, 0.15) is 0 Å². The van der Waals surface area contributed by atoms with E-state index in [9.17, 15) is 0 Å². The maximum absolute atomic E-state index is 7.08. The summed E-state index contributed by atoms with van der Waals surface area (Å²) in [6.07, 6.45) is 0. The minimum Gasteiger partial charge on any atom is -0.680 e. The average Bonchev–Trinajstić information content (AvgIpc) is 1.12. The molecule has 0 aromatic rings. The molecule has 0 rings (SSSR count). The molecule has 11 heavy (non-hydrogen) atoms. The van der Waals surface area contributed by atoms with Crippen LogP contribution in [0.3, 0.4) is 0 Å². The molecule has 5 heteroatoms. The smallest absolute Gasteiger partial charge is 0 e. The van der Waals surface area contributed by atoms with E-state index in [1.807, 2.05) is 39.3 Å². The van der Waals surface area contributed by atoms with Crippen LogP contribution in [0, 0.1) is 0 Å². The second-order valence-electron chi connectivity index (χ2n) is 4.50. The van der Waals surface area contributed by atoms with Crippen LogP contribution in [-0.2, 0) is 25.8 Å². The molecule has 0 spiro atoms. The van der Waals surface area contributed by atoms with Gasteiger partial charge in [-0.05, 0) is 0 Å². The Morgan fingerprint density at radius 2 is 0.636 bits per heavy atom. The van der Waals surface area contributed by atoms with E-state index in [1.165, 1.54) is 0 Å². The molecule has 0 bridgehead atoms. The molecular weight excluding hydrogens is 201 g/mol. The molecule has 0 aliphatic rings. The van der Waals surface area contributed by atoms with Crippen molar-refractivity contribution in [3.63, 3.8) is 0 Å². The summed E-state index contributed by atoms with van der Waals surface area (Å²) in [6.45, 7) is 12.0. The van der Waals surface area contributed by atoms with Crippen molar-refractivity contribution in [2.45, 2.75) is 39.3 Å². The van der Waals surface area contributed by atoms with Gasteiger partial charge in [0.2, 0.25) is 0 Å². The summed E-state index contributed by atoms with van der Waals surface area (Å²) in [7, 11) is -2.72. The molecule has 0 aromatic carbocycles. The standard InChI is InChI=1S/2C3H10NSi.Sc/c2*1-5(2,3)4;/h2*4H,1-3H3;/q2*-1;. The first kappa shape index (κ1) is 18.1. The fourth-order valence-corrected chi connectivity index (χ4v) is 0. The van der Waals surface area contributed by atoms with Crippen LogP contribution in [0.25, 0.3) is 10.8 Å². The first-order valence-corrected chi connectivity index (χ1v) is 10.5. The Labute approximate surface area is 92.1 Å². The van der Waals surface area contributed by atoms with Crippen LogP contribution in [0.15, 0.2) is 0 Å². The molecule has 0 saturated carbocycles. The molecule has 0 aliphatic carbocycles. The number of rotatable bonds is 0. The fraction of sp³-hybridized carbons (Fsp3) is 1.00. The minimum absolute atomic E-state index is 0. The van der Waals surface area contributed by atoms with E-state index >= 15 is 0 Å². The molecule has 0 unspecified atom stereocenters. The van der Waals surface area contributed by atoms with Gasteiger partial charge in [-0.3, -0.25) is 0 Å². The first-order valence-electron chi connectivity index (χ1n) is 3.50. The zero-order valence-electron chi connectivity index (χ0n) is 8.58. The summed E-state index contributed by atoms with van der Waals surface area (Å²) >= 11 is 0. The van der Waals surface area contributed by atoms with Gasteiger partial charge < -0.3 is 10.8 Å². The Morgan fingerprint density at radius 3 is 0.636 bits per heavy atom. The fourth-order valence-electron chi connectivity index (χ4n) is 0. The van der Waals surface area contributed by atoms with Crippen LogP contribution < -0.4 is 0 Å². The molecular formula is C6H20N2ScSi2-2. The van der Waals surface area contributed by atoms with E-state index in [2.05, 4.69) is 0 Å². The molecule has 2 N–H and O–H groups in total. The Bertz CT molecular complexity index is 61.6. The van der Waals surface area contributed by atoms with Gasteiger partial charge in [0, 0.05) is 25.8 Å². The SMILES string of the molecule is C[Si](C)(C)[NH-].C[Si](C)(C)[NH-].[Sc]. The maximum atomic E-state index is 7.08. The third-order valence-electron chi connectivity index (χ3n) is 0. The van der Waals surface area contributed by atoms with Gasteiger partial charge >= 0.3 is 0 Å². The Balaban J connectivity index is -0.000000107. The Hall–Kier alpha value is 1.22. The number of hydrogen-bond donors (Lipinski definition) is 0.